The first kappa shape index (κ1) is 25.8. The van der Waals surface area contributed by atoms with E-state index < -0.39 is 0 Å². The number of rotatable bonds is 8. The van der Waals surface area contributed by atoms with Gasteiger partial charge in [0.25, 0.3) is 0 Å². The van der Waals surface area contributed by atoms with Gasteiger partial charge in [0.15, 0.2) is 0 Å². The minimum Gasteiger partial charge on any atom is -0.437 e. The highest BCUT2D eigenvalue weighted by Gasteiger charge is 2.29. The van der Waals surface area contributed by atoms with Crippen LogP contribution < -0.4 is 20.3 Å². The third kappa shape index (κ3) is 6.35. The zero-order valence-corrected chi connectivity index (χ0v) is 22.2. The second-order valence-corrected chi connectivity index (χ2v) is 9.99. The Balaban J connectivity index is 1.20. The molecule has 9 nitrogen and oxygen atoms in total. The van der Waals surface area contributed by atoms with Crippen LogP contribution in [0.4, 0.5) is 23.0 Å². The minimum absolute atomic E-state index is 0.0515. The Kier molecular flexibility index (Phi) is 7.95. The molecule has 3 aromatic rings. The van der Waals surface area contributed by atoms with Crippen LogP contribution in [0, 0.1) is 0 Å². The van der Waals surface area contributed by atoms with Gasteiger partial charge in [0, 0.05) is 55.9 Å². The van der Waals surface area contributed by atoms with E-state index in [1.807, 2.05) is 36.4 Å². The molecule has 2 fully saturated rings. The smallest absolute Gasteiger partial charge is 0.246 e. The number of aromatic nitrogens is 2. The fraction of sp³-hybridized carbons (Fsp3) is 0.321. The predicted molar refractivity (Wildman–Crippen MR) is 152 cm³/mol. The minimum atomic E-state index is -0.0515. The van der Waals surface area contributed by atoms with Crippen molar-refractivity contribution in [3.63, 3.8) is 0 Å². The highest BCUT2D eigenvalue weighted by Crippen LogP contribution is 2.30. The summed E-state index contributed by atoms with van der Waals surface area (Å²) in [4.78, 5) is 27.0. The number of hydrogen-bond donors (Lipinski definition) is 2. The summed E-state index contributed by atoms with van der Waals surface area (Å²) < 4.78 is 6.01. The van der Waals surface area contributed by atoms with Crippen molar-refractivity contribution < 1.29 is 9.53 Å². The SMILES string of the molecule is C=CC(=O)N1CC(Nc2cccc(Oc3nc(Nc4ccc(N5CCCN(C)CC5)cc4)ncc3Cl)c2)C1. The summed E-state index contributed by atoms with van der Waals surface area (Å²) in [6.45, 7) is 9.08. The molecule has 0 unspecified atom stereocenters. The van der Waals surface area contributed by atoms with Gasteiger partial charge in [0.05, 0.1) is 12.2 Å². The van der Waals surface area contributed by atoms with Gasteiger partial charge < -0.3 is 30.1 Å². The molecule has 3 heterocycles. The fourth-order valence-corrected chi connectivity index (χ4v) is 4.68. The van der Waals surface area contributed by atoms with Gasteiger partial charge in [-0.05, 0) is 62.5 Å². The normalized spacial score (nSPS) is 16.4. The Hall–Kier alpha value is -3.82. The molecule has 2 aromatic carbocycles. The Morgan fingerprint density at radius 2 is 1.92 bits per heavy atom. The first-order valence-corrected chi connectivity index (χ1v) is 13.1. The molecule has 38 heavy (non-hydrogen) atoms. The van der Waals surface area contributed by atoms with Crippen LogP contribution in [0.2, 0.25) is 5.02 Å². The number of carbonyl (C=O) groups excluding carboxylic acids is 1. The second kappa shape index (κ2) is 11.7. The Morgan fingerprint density at radius 3 is 2.71 bits per heavy atom. The van der Waals surface area contributed by atoms with E-state index in [4.69, 9.17) is 16.3 Å². The molecule has 0 bridgehead atoms. The summed E-state index contributed by atoms with van der Waals surface area (Å²) in [5.74, 6) is 1.19. The Morgan fingerprint density at radius 1 is 1.11 bits per heavy atom. The molecule has 198 valence electrons. The van der Waals surface area contributed by atoms with Gasteiger partial charge in [-0.2, -0.15) is 4.98 Å². The van der Waals surface area contributed by atoms with Gasteiger partial charge in [-0.1, -0.05) is 24.2 Å². The Bertz CT molecular complexity index is 1280. The van der Waals surface area contributed by atoms with Crippen molar-refractivity contribution >= 4 is 40.5 Å². The lowest BCUT2D eigenvalue weighted by Crippen LogP contribution is -2.56. The van der Waals surface area contributed by atoms with Crippen LogP contribution in [0.15, 0.2) is 67.4 Å². The third-order valence-corrected chi connectivity index (χ3v) is 6.97. The van der Waals surface area contributed by atoms with E-state index in [-0.39, 0.29) is 17.8 Å². The van der Waals surface area contributed by atoms with E-state index in [1.165, 1.54) is 18.0 Å². The number of benzene rings is 2. The van der Waals surface area contributed by atoms with E-state index >= 15 is 0 Å². The van der Waals surface area contributed by atoms with Gasteiger partial charge in [-0.15, -0.1) is 0 Å². The maximum atomic E-state index is 11.7. The number of nitrogens with one attached hydrogen (secondary N) is 2. The second-order valence-electron chi connectivity index (χ2n) is 9.58. The van der Waals surface area contributed by atoms with Crippen LogP contribution >= 0.6 is 11.6 Å². The molecular formula is C28H32ClN7O2. The zero-order valence-electron chi connectivity index (χ0n) is 21.4. The van der Waals surface area contributed by atoms with Crippen molar-refractivity contribution in [2.45, 2.75) is 12.5 Å². The monoisotopic (exact) mass is 533 g/mol. The maximum absolute atomic E-state index is 11.7. The number of halogens is 1. The van der Waals surface area contributed by atoms with Gasteiger partial charge in [0.2, 0.25) is 17.7 Å². The van der Waals surface area contributed by atoms with Crippen LogP contribution in [-0.4, -0.2) is 78.0 Å². The number of nitrogens with zero attached hydrogens (tertiary/aromatic N) is 5. The topological polar surface area (TPSA) is 85.9 Å². The number of likely N-dealkylation sites (N-methyl/N-ethyl adjacent to an activating group) is 1. The fourth-order valence-electron chi connectivity index (χ4n) is 4.55. The molecule has 0 atom stereocenters. The molecule has 10 heteroatoms. The summed E-state index contributed by atoms with van der Waals surface area (Å²) in [7, 11) is 2.17. The quantitative estimate of drug-likeness (QED) is 0.406. The molecule has 2 aliphatic rings. The first-order valence-electron chi connectivity index (χ1n) is 12.8. The molecule has 1 aromatic heterocycles. The van der Waals surface area contributed by atoms with Crippen molar-refractivity contribution in [2.75, 3.05) is 61.8 Å². The number of amides is 1. The molecule has 2 aliphatic heterocycles. The summed E-state index contributed by atoms with van der Waals surface area (Å²) in [6, 6.07) is 16.0. The maximum Gasteiger partial charge on any atom is 0.246 e. The van der Waals surface area contributed by atoms with E-state index in [2.05, 4.69) is 56.2 Å². The summed E-state index contributed by atoms with van der Waals surface area (Å²) in [5, 5.41) is 6.97. The number of likely N-dealkylation sites (tertiary alicyclic amines) is 1. The van der Waals surface area contributed by atoms with E-state index in [1.54, 1.807) is 4.90 Å². The molecule has 5 rings (SSSR count). The van der Waals surface area contributed by atoms with Crippen molar-refractivity contribution in [1.29, 1.82) is 0 Å². The van der Waals surface area contributed by atoms with Crippen molar-refractivity contribution in [1.82, 2.24) is 19.8 Å². The number of ether oxygens (including phenoxy) is 1. The Labute approximate surface area is 228 Å². The van der Waals surface area contributed by atoms with Gasteiger partial charge >= 0.3 is 0 Å². The summed E-state index contributed by atoms with van der Waals surface area (Å²) >= 11 is 6.35. The van der Waals surface area contributed by atoms with E-state index in [9.17, 15) is 4.79 Å². The molecule has 1 amide bonds. The van der Waals surface area contributed by atoms with Crippen LogP contribution in [0.3, 0.4) is 0 Å². The molecule has 2 saturated heterocycles. The van der Waals surface area contributed by atoms with Gasteiger partial charge in [0.1, 0.15) is 10.8 Å². The summed E-state index contributed by atoms with van der Waals surface area (Å²) in [6.07, 6.45) is 4.02. The standard InChI is InChI=1S/C28H32ClN7O2/c1-3-26(37)36-18-22(19-36)31-21-6-4-7-24(16-21)38-27-25(29)17-30-28(33-27)32-20-8-10-23(11-9-20)35-13-5-12-34(2)14-15-35/h3-4,6-11,16-17,22,31H,1,5,12-15,18-19H2,2H3,(H,30,32,33). The summed E-state index contributed by atoms with van der Waals surface area (Å²) in [5.41, 5.74) is 2.98. The largest absolute Gasteiger partial charge is 0.437 e. The molecule has 2 N–H and O–H groups in total. The van der Waals surface area contributed by atoms with Gasteiger partial charge in [-0.3, -0.25) is 4.79 Å². The molecule has 0 radical (unpaired) electrons. The number of carbonyl (C=O) groups is 1. The zero-order chi connectivity index (χ0) is 26.5. The van der Waals surface area contributed by atoms with E-state index in [0.717, 1.165) is 44.0 Å². The molecule has 0 saturated carbocycles. The number of hydrogen-bond acceptors (Lipinski definition) is 8. The van der Waals surface area contributed by atoms with Gasteiger partial charge in [-0.25, -0.2) is 4.98 Å². The van der Waals surface area contributed by atoms with Crippen LogP contribution in [0.25, 0.3) is 0 Å². The van der Waals surface area contributed by atoms with Crippen molar-refractivity contribution in [2.24, 2.45) is 0 Å². The van der Waals surface area contributed by atoms with Crippen LogP contribution in [0.5, 0.6) is 11.6 Å². The lowest BCUT2D eigenvalue weighted by molar-refractivity contribution is -0.129. The van der Waals surface area contributed by atoms with Crippen molar-refractivity contribution in [3.05, 3.63) is 72.4 Å². The molecule has 0 spiro atoms. The lowest BCUT2D eigenvalue weighted by Gasteiger charge is -2.39. The highest BCUT2D eigenvalue weighted by molar-refractivity contribution is 6.31. The van der Waals surface area contributed by atoms with E-state index in [0.29, 0.717) is 29.8 Å². The lowest BCUT2D eigenvalue weighted by atomic mass is 10.1. The van der Waals surface area contributed by atoms with Crippen molar-refractivity contribution in [3.8, 4) is 11.6 Å². The average Bonchev–Trinajstić information content (AvgIpc) is 3.12. The molecule has 0 aliphatic carbocycles. The molecular weight excluding hydrogens is 502 g/mol. The highest BCUT2D eigenvalue weighted by atomic mass is 35.5. The average molecular weight is 534 g/mol. The number of anilines is 4. The third-order valence-electron chi connectivity index (χ3n) is 6.71. The first-order chi connectivity index (χ1) is 18.5. The predicted octanol–water partition coefficient (Wildman–Crippen LogP) is 4.62. The van der Waals surface area contributed by atoms with Crippen LogP contribution in [0.1, 0.15) is 6.42 Å². The van der Waals surface area contributed by atoms with Crippen LogP contribution in [-0.2, 0) is 4.79 Å².